The van der Waals surface area contributed by atoms with Crippen LogP contribution in [0.5, 0.6) is 0 Å². The van der Waals surface area contributed by atoms with E-state index in [4.69, 9.17) is 25.8 Å². The van der Waals surface area contributed by atoms with Crippen molar-refractivity contribution in [2.75, 3.05) is 13.7 Å². The molecule has 0 bridgehead atoms. The lowest BCUT2D eigenvalue weighted by atomic mass is 9.69. The van der Waals surface area contributed by atoms with Gasteiger partial charge >= 0.3 is 0 Å². The number of carbonyl (C=O) groups is 1. The maximum Gasteiger partial charge on any atom is 0.265 e. The second kappa shape index (κ2) is 8.24. The minimum atomic E-state index is -5.12. The van der Waals surface area contributed by atoms with E-state index < -0.39 is 19.6 Å². The zero-order valence-corrected chi connectivity index (χ0v) is 25.3. The summed E-state index contributed by atoms with van der Waals surface area (Å²) in [5.74, 6) is -0.343. The number of benzene rings is 1. The van der Waals surface area contributed by atoms with Gasteiger partial charge in [0.2, 0.25) is 0 Å². The molecule has 1 atom stereocenters. The van der Waals surface area contributed by atoms with Gasteiger partial charge in [0.25, 0.3) is 5.91 Å². The van der Waals surface area contributed by atoms with E-state index in [9.17, 15) is 9.90 Å². The minimum absolute atomic E-state index is 0.152. The number of allylic oxidation sites excluding steroid dienone is 2. The molecular formula is C30H40N2O4S2. The highest BCUT2D eigenvalue weighted by molar-refractivity contribution is 8.79. The molecule has 1 N–H and O–H groups in total. The molecule has 2 aromatic rings. The summed E-state index contributed by atoms with van der Waals surface area (Å²) in [7, 11) is -3.46. The lowest BCUT2D eigenvalue weighted by molar-refractivity contribution is -0.121. The quantitative estimate of drug-likeness (QED) is 0.309. The Morgan fingerprint density at radius 1 is 1.21 bits per heavy atom. The number of hydrogen-bond acceptors (Lipinski definition) is 6. The molecule has 1 aromatic carbocycles. The molecule has 38 heavy (non-hydrogen) atoms. The number of amides is 1. The molecule has 2 heterocycles. The third-order valence-corrected chi connectivity index (χ3v) is 17.3. The molecule has 1 unspecified atom stereocenters. The third kappa shape index (κ3) is 2.95. The minimum Gasteiger partial charge on any atom is -0.451 e. The Kier molecular flexibility index (Phi) is 6.18. The summed E-state index contributed by atoms with van der Waals surface area (Å²) >= 11 is 6.38. The summed E-state index contributed by atoms with van der Waals surface area (Å²) in [4.78, 5) is 21.9. The fraction of sp³-hybridized carbons (Fsp3) is 0.433. The zero-order chi connectivity index (χ0) is 28.4. The second-order valence-electron chi connectivity index (χ2n) is 12.3. The number of carbonyl (C=O) groups excluding carboxylic acids is 1. The Balaban J connectivity index is 2.41. The van der Waals surface area contributed by atoms with Gasteiger partial charge in [0.1, 0.15) is 15.6 Å². The van der Waals surface area contributed by atoms with Crippen LogP contribution >= 0.6 is 20.8 Å². The number of hydrogen-bond donors (Lipinski definition) is 1. The summed E-state index contributed by atoms with van der Waals surface area (Å²) in [6, 6.07) is 9.58. The highest BCUT2D eigenvalue weighted by atomic mass is 32.4. The standard InChI is InChI=1S/C30H40N2O4S2/c1-10-36-38(25-19-35-20-31-25,23-14-12-11-13-15-23,21(2)26(33)32(9)27(38)37)24-16-22(28(3,4)5)17-30(34,18-24)29(6,7)8/h11-17,19-20,34H,2,10,18H2,1,3-9H3. The van der Waals surface area contributed by atoms with Crippen molar-refractivity contribution in [3.05, 3.63) is 77.1 Å². The average molecular weight is 557 g/mol. The van der Waals surface area contributed by atoms with Crippen LogP contribution < -0.4 is 0 Å². The van der Waals surface area contributed by atoms with Crippen molar-refractivity contribution in [3.63, 3.8) is 0 Å². The Labute approximate surface area is 230 Å². The summed E-state index contributed by atoms with van der Waals surface area (Å²) in [6.45, 7) is 18.9. The number of rotatable bonds is 5. The number of nitrogens with zero attached hydrogens (tertiary/aromatic N) is 2. The van der Waals surface area contributed by atoms with E-state index in [-0.39, 0.29) is 33.6 Å². The fourth-order valence-corrected chi connectivity index (χ4v) is 14.7. The summed E-state index contributed by atoms with van der Waals surface area (Å²) in [5.41, 5.74) is -1.30. The van der Waals surface area contributed by atoms with Crippen LogP contribution in [-0.2, 0) is 8.98 Å². The number of likely N-dealkylation sites (N-methyl/N-ethyl adjacent to an activating group) is 1. The van der Waals surface area contributed by atoms with Gasteiger partial charge in [0.15, 0.2) is 6.39 Å². The van der Waals surface area contributed by atoms with Crippen LogP contribution in [0.2, 0.25) is 0 Å². The Morgan fingerprint density at radius 3 is 2.29 bits per heavy atom. The molecule has 1 aromatic heterocycles. The topological polar surface area (TPSA) is 75.8 Å². The van der Waals surface area contributed by atoms with Gasteiger partial charge in [0, 0.05) is 18.4 Å². The number of aromatic nitrogens is 1. The highest BCUT2D eigenvalue weighted by Crippen LogP contribution is 3.09. The van der Waals surface area contributed by atoms with Crippen molar-refractivity contribution in [1.29, 1.82) is 0 Å². The zero-order valence-electron chi connectivity index (χ0n) is 23.7. The lowest BCUT2D eigenvalue weighted by Gasteiger charge is -2.76. The van der Waals surface area contributed by atoms with Crippen LogP contribution in [-0.4, -0.2) is 44.5 Å². The molecule has 6 nitrogen and oxygen atoms in total. The third-order valence-electron chi connectivity index (χ3n) is 8.42. The average Bonchev–Trinajstić information content (AvgIpc) is 3.44. The molecule has 1 fully saturated rings. The van der Waals surface area contributed by atoms with Crippen molar-refractivity contribution < 1.29 is 18.5 Å². The molecule has 1 aliphatic heterocycles. The van der Waals surface area contributed by atoms with Gasteiger partial charge in [-0.15, -0.1) is 0 Å². The van der Waals surface area contributed by atoms with Gasteiger partial charge in [-0.05, 0) is 52.5 Å². The van der Waals surface area contributed by atoms with Crippen LogP contribution in [0.4, 0.5) is 0 Å². The largest absolute Gasteiger partial charge is 0.451 e. The summed E-state index contributed by atoms with van der Waals surface area (Å²) < 4.78 is 13.2. The lowest BCUT2D eigenvalue weighted by Crippen LogP contribution is -2.52. The molecule has 0 saturated carbocycles. The van der Waals surface area contributed by atoms with Gasteiger partial charge in [-0.1, -0.05) is 87.1 Å². The van der Waals surface area contributed by atoms with E-state index in [0.29, 0.717) is 14.8 Å². The van der Waals surface area contributed by atoms with Crippen molar-refractivity contribution in [1.82, 2.24) is 9.88 Å². The van der Waals surface area contributed by atoms with Crippen molar-refractivity contribution in [2.24, 2.45) is 10.8 Å². The summed E-state index contributed by atoms with van der Waals surface area (Å²) in [6.07, 6.45) is 7.05. The van der Waals surface area contributed by atoms with Gasteiger partial charge in [-0.25, -0.2) is 4.98 Å². The van der Waals surface area contributed by atoms with Crippen LogP contribution in [0.25, 0.3) is 0 Å². The number of aliphatic hydroxyl groups is 1. The van der Waals surface area contributed by atoms with Gasteiger partial charge in [0.05, 0.1) is 17.1 Å². The van der Waals surface area contributed by atoms with E-state index in [1.54, 1.807) is 7.05 Å². The van der Waals surface area contributed by atoms with Crippen LogP contribution in [0, 0.1) is 10.8 Å². The Hall–Kier alpha value is -2.52. The first-order valence-electron chi connectivity index (χ1n) is 12.8. The summed E-state index contributed by atoms with van der Waals surface area (Å²) in [5, 5.41) is 12.9. The Morgan fingerprint density at radius 2 is 1.84 bits per heavy atom. The molecule has 206 valence electrons. The molecule has 1 amide bonds. The molecule has 8 heteroatoms. The maximum absolute atomic E-state index is 14.1. The first-order valence-corrected chi connectivity index (χ1v) is 15.6. The van der Waals surface area contributed by atoms with Gasteiger partial charge < -0.3 is 13.7 Å². The molecule has 1 saturated heterocycles. The SMILES string of the molecule is C=C1C(=O)N(C)C(=S)S1(OCC)(C1=CC(C(C)(C)C)=CC(O)(C(C)(C)C)C1)(c1ccccc1)c1cocn1. The molecule has 0 radical (unpaired) electrons. The van der Waals surface area contributed by atoms with Crippen molar-refractivity contribution >= 4 is 31.0 Å². The van der Waals surface area contributed by atoms with Crippen molar-refractivity contribution in [2.45, 2.75) is 70.4 Å². The smallest absolute Gasteiger partial charge is 0.265 e. The predicted molar refractivity (Wildman–Crippen MR) is 158 cm³/mol. The monoisotopic (exact) mass is 556 g/mol. The molecule has 2 aliphatic rings. The van der Waals surface area contributed by atoms with E-state index in [2.05, 4.69) is 33.4 Å². The van der Waals surface area contributed by atoms with E-state index in [1.807, 2.05) is 64.1 Å². The number of oxazole rings is 1. The predicted octanol–water partition coefficient (Wildman–Crippen LogP) is 7.23. The molecule has 0 spiro atoms. The van der Waals surface area contributed by atoms with Crippen molar-refractivity contribution in [3.8, 4) is 0 Å². The van der Waals surface area contributed by atoms with Crippen LogP contribution in [0.1, 0.15) is 54.9 Å². The van der Waals surface area contributed by atoms with Gasteiger partial charge in [-0.3, -0.25) is 9.69 Å². The van der Waals surface area contributed by atoms with Crippen LogP contribution in [0.3, 0.4) is 0 Å². The van der Waals surface area contributed by atoms with E-state index in [0.717, 1.165) is 5.57 Å². The first-order chi connectivity index (χ1) is 17.5. The molecule has 1 aliphatic carbocycles. The van der Waals surface area contributed by atoms with Crippen LogP contribution in [0.15, 0.2) is 91.4 Å². The van der Waals surface area contributed by atoms with E-state index >= 15 is 0 Å². The Bertz CT molecular complexity index is 1400. The normalized spacial score (nSPS) is 26.7. The highest BCUT2D eigenvalue weighted by Gasteiger charge is 2.81. The number of thiocarbonyl (C=S) groups is 1. The first kappa shape index (κ1) is 28.5. The maximum atomic E-state index is 14.1. The molecular weight excluding hydrogens is 516 g/mol. The fourth-order valence-electron chi connectivity index (χ4n) is 5.93. The molecule has 4 rings (SSSR count). The van der Waals surface area contributed by atoms with E-state index in [1.165, 1.54) is 17.6 Å². The second-order valence-corrected chi connectivity index (χ2v) is 18.4. The van der Waals surface area contributed by atoms with Gasteiger partial charge in [-0.2, -0.15) is 0 Å².